The topological polar surface area (TPSA) is 58.1 Å². The SMILES string of the molecule is CCCCN(C)C(=O)c1cc(C)nc(Nc2c(Cl)cccc2Cl)n1. The number of amides is 1. The minimum absolute atomic E-state index is 0.137. The summed E-state index contributed by atoms with van der Waals surface area (Å²) in [7, 11) is 1.77. The standard InChI is InChI=1S/C17H20Cl2N4O/c1-4-5-9-23(3)16(24)14-10-11(2)20-17(21-14)22-15-12(18)7-6-8-13(15)19/h6-8,10H,4-5,9H2,1-3H3,(H,20,21,22). The first-order chi connectivity index (χ1) is 11.4. The Kier molecular flexibility index (Phi) is 6.40. The molecule has 24 heavy (non-hydrogen) atoms. The van der Waals surface area contributed by atoms with Crippen LogP contribution < -0.4 is 5.32 Å². The molecule has 7 heteroatoms. The van der Waals surface area contributed by atoms with Crippen LogP contribution in [-0.2, 0) is 0 Å². The molecule has 1 N–H and O–H groups in total. The van der Waals surface area contributed by atoms with Crippen molar-refractivity contribution >= 4 is 40.7 Å². The quantitative estimate of drug-likeness (QED) is 0.804. The van der Waals surface area contributed by atoms with Gasteiger partial charge in [0.25, 0.3) is 5.91 Å². The number of aryl methyl sites for hydroxylation is 1. The van der Waals surface area contributed by atoms with E-state index in [2.05, 4.69) is 22.2 Å². The van der Waals surface area contributed by atoms with Crippen molar-refractivity contribution in [3.8, 4) is 0 Å². The van der Waals surface area contributed by atoms with Crippen molar-refractivity contribution < 1.29 is 4.79 Å². The molecule has 1 amide bonds. The molecular weight excluding hydrogens is 347 g/mol. The second-order valence-electron chi connectivity index (χ2n) is 5.52. The Morgan fingerprint density at radius 3 is 2.54 bits per heavy atom. The predicted octanol–water partition coefficient (Wildman–Crippen LogP) is 4.71. The third-order valence-corrected chi connectivity index (χ3v) is 4.10. The fourth-order valence-corrected chi connectivity index (χ4v) is 2.65. The highest BCUT2D eigenvalue weighted by molar-refractivity contribution is 6.39. The number of anilines is 2. The molecule has 2 aromatic rings. The Bertz CT molecular complexity index is 716. The van der Waals surface area contributed by atoms with Gasteiger partial charge in [0.05, 0.1) is 15.7 Å². The zero-order valence-electron chi connectivity index (χ0n) is 13.9. The molecule has 0 bridgehead atoms. The molecule has 5 nitrogen and oxygen atoms in total. The van der Waals surface area contributed by atoms with Crippen LogP contribution in [0.5, 0.6) is 0 Å². The lowest BCUT2D eigenvalue weighted by Crippen LogP contribution is -2.28. The minimum Gasteiger partial charge on any atom is -0.340 e. The highest BCUT2D eigenvalue weighted by Gasteiger charge is 2.16. The van der Waals surface area contributed by atoms with E-state index in [9.17, 15) is 4.79 Å². The van der Waals surface area contributed by atoms with E-state index in [-0.39, 0.29) is 11.9 Å². The first-order valence-electron chi connectivity index (χ1n) is 7.74. The number of aromatic nitrogens is 2. The summed E-state index contributed by atoms with van der Waals surface area (Å²) in [6, 6.07) is 6.86. The maximum atomic E-state index is 12.5. The first kappa shape index (κ1) is 18.5. The monoisotopic (exact) mass is 366 g/mol. The zero-order chi connectivity index (χ0) is 17.7. The lowest BCUT2D eigenvalue weighted by Gasteiger charge is -2.17. The molecule has 0 atom stereocenters. The normalized spacial score (nSPS) is 10.5. The predicted molar refractivity (Wildman–Crippen MR) is 98.4 cm³/mol. The average Bonchev–Trinajstić information content (AvgIpc) is 2.55. The van der Waals surface area contributed by atoms with E-state index < -0.39 is 0 Å². The lowest BCUT2D eigenvalue weighted by molar-refractivity contribution is 0.0787. The Labute approximate surface area is 152 Å². The van der Waals surface area contributed by atoms with Gasteiger partial charge in [-0.25, -0.2) is 9.97 Å². The number of carbonyl (C=O) groups excluding carboxylic acids is 1. The van der Waals surface area contributed by atoms with E-state index in [0.717, 1.165) is 12.8 Å². The van der Waals surface area contributed by atoms with Crippen molar-refractivity contribution in [3.63, 3.8) is 0 Å². The molecule has 0 aliphatic heterocycles. The summed E-state index contributed by atoms with van der Waals surface area (Å²) >= 11 is 12.3. The summed E-state index contributed by atoms with van der Waals surface area (Å²) in [4.78, 5) is 22.8. The summed E-state index contributed by atoms with van der Waals surface area (Å²) in [5.74, 6) is 0.152. The smallest absolute Gasteiger partial charge is 0.272 e. The highest BCUT2D eigenvalue weighted by atomic mass is 35.5. The molecule has 0 saturated carbocycles. The van der Waals surface area contributed by atoms with Crippen molar-refractivity contribution in [2.45, 2.75) is 26.7 Å². The van der Waals surface area contributed by atoms with E-state index in [0.29, 0.717) is 33.7 Å². The fraction of sp³-hybridized carbons (Fsp3) is 0.353. The third-order valence-electron chi connectivity index (χ3n) is 3.47. The van der Waals surface area contributed by atoms with E-state index in [4.69, 9.17) is 23.2 Å². The molecule has 0 aliphatic carbocycles. The van der Waals surface area contributed by atoms with Crippen LogP contribution in [0.1, 0.15) is 35.9 Å². The second kappa shape index (κ2) is 8.31. The number of carbonyl (C=O) groups is 1. The molecule has 0 radical (unpaired) electrons. The van der Waals surface area contributed by atoms with Crippen LogP contribution in [0.25, 0.3) is 0 Å². The van der Waals surface area contributed by atoms with Crippen molar-refractivity contribution in [2.75, 3.05) is 18.9 Å². The number of para-hydroxylation sites is 1. The molecule has 1 aromatic heterocycles. The first-order valence-corrected chi connectivity index (χ1v) is 8.50. The number of hydrogen-bond acceptors (Lipinski definition) is 4. The molecule has 0 saturated heterocycles. The second-order valence-corrected chi connectivity index (χ2v) is 6.33. The van der Waals surface area contributed by atoms with Crippen molar-refractivity contribution in [3.05, 3.63) is 45.7 Å². The number of unbranched alkanes of at least 4 members (excludes halogenated alkanes) is 1. The van der Waals surface area contributed by atoms with Gasteiger partial charge in [-0.05, 0) is 31.5 Å². The van der Waals surface area contributed by atoms with Crippen molar-refractivity contribution in [2.24, 2.45) is 0 Å². The molecule has 2 rings (SSSR count). The fourth-order valence-electron chi connectivity index (χ4n) is 2.16. The number of nitrogens with one attached hydrogen (secondary N) is 1. The number of hydrogen-bond donors (Lipinski definition) is 1. The van der Waals surface area contributed by atoms with Gasteiger partial charge in [-0.15, -0.1) is 0 Å². The minimum atomic E-state index is -0.137. The summed E-state index contributed by atoms with van der Waals surface area (Å²) in [6.45, 7) is 4.59. The zero-order valence-corrected chi connectivity index (χ0v) is 15.4. The molecule has 0 aliphatic rings. The molecule has 0 fully saturated rings. The van der Waals surface area contributed by atoms with Crippen LogP contribution >= 0.6 is 23.2 Å². The number of halogens is 2. The number of rotatable bonds is 6. The van der Waals surface area contributed by atoms with Crippen LogP contribution in [0.3, 0.4) is 0 Å². The van der Waals surface area contributed by atoms with E-state index in [1.54, 1.807) is 36.2 Å². The van der Waals surface area contributed by atoms with Gasteiger partial charge in [0, 0.05) is 19.3 Å². The molecular formula is C17H20Cl2N4O. The van der Waals surface area contributed by atoms with Gasteiger partial charge in [-0.3, -0.25) is 4.79 Å². The maximum absolute atomic E-state index is 12.5. The average molecular weight is 367 g/mol. The van der Waals surface area contributed by atoms with Gasteiger partial charge in [-0.1, -0.05) is 42.6 Å². The van der Waals surface area contributed by atoms with Crippen molar-refractivity contribution in [1.82, 2.24) is 14.9 Å². The summed E-state index contributed by atoms with van der Waals surface area (Å²) < 4.78 is 0. The Hall–Kier alpha value is -1.85. The largest absolute Gasteiger partial charge is 0.340 e. The summed E-state index contributed by atoms with van der Waals surface area (Å²) in [5.41, 5.74) is 1.54. The molecule has 128 valence electrons. The summed E-state index contributed by atoms with van der Waals surface area (Å²) in [6.07, 6.45) is 1.98. The lowest BCUT2D eigenvalue weighted by atomic mass is 10.2. The van der Waals surface area contributed by atoms with E-state index in [1.807, 2.05) is 6.92 Å². The Balaban J connectivity index is 2.27. The van der Waals surface area contributed by atoms with Gasteiger partial charge in [0.1, 0.15) is 5.69 Å². The number of nitrogens with zero attached hydrogens (tertiary/aromatic N) is 3. The van der Waals surface area contributed by atoms with Gasteiger partial charge < -0.3 is 10.2 Å². The summed E-state index contributed by atoms with van der Waals surface area (Å²) in [5, 5.41) is 3.92. The van der Waals surface area contributed by atoms with Gasteiger partial charge in [-0.2, -0.15) is 0 Å². The van der Waals surface area contributed by atoms with Gasteiger partial charge in [0.15, 0.2) is 0 Å². The van der Waals surface area contributed by atoms with Crippen LogP contribution in [0.15, 0.2) is 24.3 Å². The molecule has 1 heterocycles. The van der Waals surface area contributed by atoms with Crippen LogP contribution in [0, 0.1) is 6.92 Å². The van der Waals surface area contributed by atoms with Crippen LogP contribution in [0.2, 0.25) is 10.0 Å². The third kappa shape index (κ3) is 4.58. The van der Waals surface area contributed by atoms with Gasteiger partial charge in [0.2, 0.25) is 5.95 Å². The van der Waals surface area contributed by atoms with E-state index >= 15 is 0 Å². The molecule has 1 aromatic carbocycles. The van der Waals surface area contributed by atoms with Crippen molar-refractivity contribution in [1.29, 1.82) is 0 Å². The highest BCUT2D eigenvalue weighted by Crippen LogP contribution is 2.31. The Morgan fingerprint density at radius 1 is 1.25 bits per heavy atom. The maximum Gasteiger partial charge on any atom is 0.272 e. The molecule has 0 unspecified atom stereocenters. The van der Waals surface area contributed by atoms with Crippen LogP contribution in [-0.4, -0.2) is 34.4 Å². The molecule has 0 spiro atoms. The number of benzene rings is 1. The Morgan fingerprint density at radius 2 is 1.92 bits per heavy atom. The van der Waals surface area contributed by atoms with Crippen LogP contribution in [0.4, 0.5) is 11.6 Å². The van der Waals surface area contributed by atoms with Gasteiger partial charge >= 0.3 is 0 Å². The van der Waals surface area contributed by atoms with E-state index in [1.165, 1.54) is 0 Å².